The van der Waals surface area contributed by atoms with Crippen LogP contribution in [0.3, 0.4) is 0 Å². The van der Waals surface area contributed by atoms with Crippen LogP contribution in [-0.4, -0.2) is 37.5 Å². The highest BCUT2D eigenvalue weighted by Gasteiger charge is 2.34. The summed E-state index contributed by atoms with van der Waals surface area (Å²) in [7, 11) is 3.26. The van der Waals surface area contributed by atoms with Gasteiger partial charge in [-0.3, -0.25) is 9.59 Å². The molecular weight excluding hydrogens is 388 g/mol. The van der Waals surface area contributed by atoms with Crippen LogP contribution in [-0.2, 0) is 4.79 Å². The van der Waals surface area contributed by atoms with Gasteiger partial charge in [0, 0.05) is 24.1 Å². The lowest BCUT2D eigenvalue weighted by atomic mass is 10.0. The van der Waals surface area contributed by atoms with Gasteiger partial charge in [-0.2, -0.15) is 0 Å². The Bertz CT molecular complexity index is 935. The largest absolute Gasteiger partial charge is 0.497 e. The maximum Gasteiger partial charge on any atom is 0.264 e. The molecule has 1 aliphatic carbocycles. The van der Waals surface area contributed by atoms with Crippen LogP contribution in [0.2, 0.25) is 0 Å². The second-order valence-electron chi connectivity index (χ2n) is 7.65. The van der Waals surface area contributed by atoms with E-state index in [0.29, 0.717) is 11.4 Å². The maximum atomic E-state index is 13.4. The summed E-state index contributed by atoms with van der Waals surface area (Å²) in [5.41, 5.74) is 1.90. The number of benzene rings is 1. The van der Waals surface area contributed by atoms with Gasteiger partial charge in [-0.25, -0.2) is 0 Å². The van der Waals surface area contributed by atoms with E-state index in [2.05, 4.69) is 5.32 Å². The van der Waals surface area contributed by atoms with E-state index < -0.39 is 0 Å². The highest BCUT2D eigenvalue weighted by atomic mass is 32.1. The molecule has 0 radical (unpaired) electrons. The SMILES string of the molecule is COc1ccc(C2CCCN2C(=O)c2sc(NC(=O)C3CC3)cc2C)c(OC)c1. The molecule has 2 aliphatic rings. The zero-order valence-corrected chi connectivity index (χ0v) is 17.8. The first kappa shape index (κ1) is 19.8. The molecule has 7 heteroatoms. The van der Waals surface area contributed by atoms with Crippen molar-refractivity contribution in [1.82, 2.24) is 4.90 Å². The van der Waals surface area contributed by atoms with Crippen molar-refractivity contribution in [3.63, 3.8) is 0 Å². The second kappa shape index (κ2) is 8.06. The van der Waals surface area contributed by atoms with Gasteiger partial charge < -0.3 is 19.7 Å². The van der Waals surface area contributed by atoms with Gasteiger partial charge in [0.2, 0.25) is 5.91 Å². The van der Waals surface area contributed by atoms with Crippen molar-refractivity contribution >= 4 is 28.2 Å². The zero-order valence-electron chi connectivity index (χ0n) is 17.0. The Labute approximate surface area is 174 Å². The number of anilines is 1. The molecular formula is C22H26N2O4S. The van der Waals surface area contributed by atoms with Crippen LogP contribution < -0.4 is 14.8 Å². The third-order valence-electron chi connectivity index (χ3n) is 5.62. The number of hydrogen-bond donors (Lipinski definition) is 1. The fraction of sp³-hybridized carbons (Fsp3) is 0.455. The number of nitrogens with one attached hydrogen (secondary N) is 1. The fourth-order valence-electron chi connectivity index (χ4n) is 3.88. The van der Waals surface area contributed by atoms with Crippen molar-refractivity contribution in [3.05, 3.63) is 40.3 Å². The van der Waals surface area contributed by atoms with E-state index in [-0.39, 0.29) is 23.8 Å². The van der Waals surface area contributed by atoms with E-state index in [1.165, 1.54) is 11.3 Å². The molecule has 2 aromatic rings. The van der Waals surface area contributed by atoms with Crippen LogP contribution in [0.4, 0.5) is 5.00 Å². The van der Waals surface area contributed by atoms with E-state index in [1.807, 2.05) is 36.1 Å². The summed E-state index contributed by atoms with van der Waals surface area (Å²) in [6.07, 6.45) is 3.76. The number of likely N-dealkylation sites (tertiary alicyclic amines) is 1. The molecule has 1 saturated carbocycles. The van der Waals surface area contributed by atoms with Crippen LogP contribution in [0.1, 0.15) is 52.5 Å². The van der Waals surface area contributed by atoms with Crippen LogP contribution in [0, 0.1) is 12.8 Å². The van der Waals surface area contributed by atoms with Gasteiger partial charge in [0.05, 0.1) is 30.1 Å². The molecule has 29 heavy (non-hydrogen) atoms. The van der Waals surface area contributed by atoms with Gasteiger partial charge in [-0.1, -0.05) is 0 Å². The van der Waals surface area contributed by atoms with E-state index in [0.717, 1.165) is 53.3 Å². The summed E-state index contributed by atoms with van der Waals surface area (Å²) in [6, 6.07) is 7.61. The van der Waals surface area contributed by atoms with Gasteiger partial charge in [-0.15, -0.1) is 11.3 Å². The van der Waals surface area contributed by atoms with Crippen LogP contribution in [0.25, 0.3) is 0 Å². The number of hydrogen-bond acceptors (Lipinski definition) is 5. The molecule has 4 rings (SSSR count). The number of nitrogens with zero attached hydrogens (tertiary/aromatic N) is 1. The number of ether oxygens (including phenoxy) is 2. The first-order valence-corrected chi connectivity index (χ1v) is 10.8. The Morgan fingerprint density at radius 3 is 2.62 bits per heavy atom. The lowest BCUT2D eigenvalue weighted by Crippen LogP contribution is -2.30. The molecule has 1 aromatic carbocycles. The zero-order chi connectivity index (χ0) is 20.5. The van der Waals surface area contributed by atoms with Crippen molar-refractivity contribution in [3.8, 4) is 11.5 Å². The molecule has 1 aliphatic heterocycles. The Hall–Kier alpha value is -2.54. The minimum absolute atomic E-state index is 0.0137. The van der Waals surface area contributed by atoms with Crippen molar-refractivity contribution in [1.29, 1.82) is 0 Å². The lowest BCUT2D eigenvalue weighted by molar-refractivity contribution is -0.117. The molecule has 2 heterocycles. The first-order chi connectivity index (χ1) is 14.0. The van der Waals surface area contributed by atoms with E-state index in [4.69, 9.17) is 9.47 Å². The Kier molecular flexibility index (Phi) is 5.50. The van der Waals surface area contributed by atoms with Crippen molar-refractivity contribution in [2.75, 3.05) is 26.1 Å². The van der Waals surface area contributed by atoms with E-state index >= 15 is 0 Å². The number of methoxy groups -OCH3 is 2. The Morgan fingerprint density at radius 2 is 1.93 bits per heavy atom. The van der Waals surface area contributed by atoms with Gasteiger partial charge in [0.1, 0.15) is 11.5 Å². The smallest absolute Gasteiger partial charge is 0.264 e. The van der Waals surface area contributed by atoms with Gasteiger partial charge in [-0.05, 0) is 56.4 Å². The monoisotopic (exact) mass is 414 g/mol. The summed E-state index contributed by atoms with van der Waals surface area (Å²) in [4.78, 5) is 28.1. The minimum Gasteiger partial charge on any atom is -0.497 e. The third kappa shape index (κ3) is 3.96. The summed E-state index contributed by atoms with van der Waals surface area (Å²) >= 11 is 1.37. The molecule has 1 saturated heterocycles. The summed E-state index contributed by atoms with van der Waals surface area (Å²) in [5, 5.41) is 3.71. The minimum atomic E-state index is -0.0330. The normalized spacial score (nSPS) is 18.6. The third-order valence-corrected chi connectivity index (χ3v) is 6.76. The Morgan fingerprint density at radius 1 is 1.14 bits per heavy atom. The summed E-state index contributed by atoms with van der Waals surface area (Å²) in [6.45, 7) is 2.63. The number of amides is 2. The average molecular weight is 415 g/mol. The van der Waals surface area contributed by atoms with Crippen molar-refractivity contribution in [2.24, 2.45) is 5.92 Å². The molecule has 2 fully saturated rings. The van der Waals surface area contributed by atoms with E-state index in [9.17, 15) is 9.59 Å². The molecule has 1 N–H and O–H groups in total. The number of rotatable bonds is 6. The number of carbonyl (C=O) groups is 2. The molecule has 6 nitrogen and oxygen atoms in total. The van der Waals surface area contributed by atoms with Gasteiger partial charge in [0.25, 0.3) is 5.91 Å². The number of aryl methyl sites for hydroxylation is 1. The second-order valence-corrected chi connectivity index (χ2v) is 8.70. The van der Waals surface area contributed by atoms with Gasteiger partial charge in [0.15, 0.2) is 0 Å². The molecule has 1 atom stereocenters. The predicted molar refractivity (Wildman–Crippen MR) is 113 cm³/mol. The average Bonchev–Trinajstić information content (AvgIpc) is 3.36. The Balaban J connectivity index is 1.57. The number of carbonyl (C=O) groups excluding carboxylic acids is 2. The van der Waals surface area contributed by atoms with Crippen LogP contribution in [0.15, 0.2) is 24.3 Å². The van der Waals surface area contributed by atoms with Gasteiger partial charge >= 0.3 is 0 Å². The molecule has 1 unspecified atom stereocenters. The molecule has 1 aromatic heterocycles. The summed E-state index contributed by atoms with van der Waals surface area (Å²) in [5.74, 6) is 1.68. The molecule has 0 spiro atoms. The highest BCUT2D eigenvalue weighted by molar-refractivity contribution is 7.18. The predicted octanol–water partition coefficient (Wildman–Crippen LogP) is 4.40. The maximum absolute atomic E-state index is 13.4. The quantitative estimate of drug-likeness (QED) is 0.761. The molecule has 154 valence electrons. The van der Waals surface area contributed by atoms with E-state index in [1.54, 1.807) is 14.2 Å². The molecule has 2 amide bonds. The first-order valence-electron chi connectivity index (χ1n) is 9.96. The van der Waals surface area contributed by atoms with Crippen molar-refractivity contribution in [2.45, 2.75) is 38.6 Å². The lowest BCUT2D eigenvalue weighted by Gasteiger charge is -2.26. The molecule has 0 bridgehead atoms. The standard InChI is InChI=1S/C22H26N2O4S/c1-13-11-19(23-21(25)14-6-7-14)29-20(13)22(26)24-10-4-5-17(24)16-9-8-15(27-2)12-18(16)28-3/h8-9,11-12,14,17H,4-7,10H2,1-3H3,(H,23,25). The fourth-order valence-corrected chi connectivity index (χ4v) is 4.91. The topological polar surface area (TPSA) is 67.9 Å². The van der Waals surface area contributed by atoms with Crippen LogP contribution in [0.5, 0.6) is 11.5 Å². The van der Waals surface area contributed by atoms with Crippen LogP contribution >= 0.6 is 11.3 Å². The number of thiophene rings is 1. The van der Waals surface area contributed by atoms with Crippen molar-refractivity contribution < 1.29 is 19.1 Å². The highest BCUT2D eigenvalue weighted by Crippen LogP contribution is 2.41. The summed E-state index contributed by atoms with van der Waals surface area (Å²) < 4.78 is 10.9.